The lowest BCUT2D eigenvalue weighted by Gasteiger charge is -2.20. The fourth-order valence-corrected chi connectivity index (χ4v) is 3.37. The third-order valence-corrected chi connectivity index (χ3v) is 5.14. The van der Waals surface area contributed by atoms with E-state index in [4.69, 9.17) is 0 Å². The molecule has 0 saturated heterocycles. The van der Waals surface area contributed by atoms with Crippen LogP contribution >= 0.6 is 0 Å². The van der Waals surface area contributed by atoms with Gasteiger partial charge in [0.25, 0.3) is 5.91 Å². The summed E-state index contributed by atoms with van der Waals surface area (Å²) in [6.45, 7) is 3.12. The van der Waals surface area contributed by atoms with Crippen molar-refractivity contribution in [2.45, 2.75) is 44.4 Å². The number of halogens is 2. The Labute approximate surface area is 189 Å². The molecule has 0 spiro atoms. The van der Waals surface area contributed by atoms with Crippen molar-refractivity contribution in [1.29, 1.82) is 0 Å². The molecule has 6 nitrogen and oxygen atoms in total. The summed E-state index contributed by atoms with van der Waals surface area (Å²) in [5.41, 5.74) is -0.0430. The fourth-order valence-electron chi connectivity index (χ4n) is 3.37. The summed E-state index contributed by atoms with van der Waals surface area (Å²) < 4.78 is 29.1. The number of aromatic hydroxyl groups is 1. The maximum Gasteiger partial charge on any atom is 0.272 e. The summed E-state index contributed by atoms with van der Waals surface area (Å²) in [4.78, 5) is 13.1. The molecule has 4 rings (SSSR count). The van der Waals surface area contributed by atoms with Crippen LogP contribution in [0.4, 0.5) is 8.78 Å². The van der Waals surface area contributed by atoms with Gasteiger partial charge in [0, 0.05) is 11.6 Å². The first-order valence-electron chi connectivity index (χ1n) is 10.5. The highest BCUT2D eigenvalue weighted by molar-refractivity contribution is 5.93. The quantitative estimate of drug-likeness (QED) is 0.515. The van der Waals surface area contributed by atoms with Crippen LogP contribution < -0.4 is 5.32 Å². The molecule has 0 aliphatic heterocycles. The predicted octanol–water partition coefficient (Wildman–Crippen LogP) is 3.84. The Balaban J connectivity index is 1.69. The number of phenols is 1. The van der Waals surface area contributed by atoms with Crippen LogP contribution in [-0.4, -0.2) is 31.5 Å². The molecule has 0 radical (unpaired) electrons. The molecule has 1 saturated carbocycles. The maximum absolute atomic E-state index is 13.9. The van der Waals surface area contributed by atoms with E-state index in [0.29, 0.717) is 11.3 Å². The fraction of sp³-hybridized carbons (Fsp3) is 0.280. The number of aromatic nitrogens is 2. The van der Waals surface area contributed by atoms with Gasteiger partial charge in [0.1, 0.15) is 28.7 Å². The maximum atomic E-state index is 13.9. The van der Waals surface area contributed by atoms with Crippen LogP contribution in [-0.2, 0) is 0 Å². The summed E-state index contributed by atoms with van der Waals surface area (Å²) >= 11 is 0. The molecule has 1 aliphatic carbocycles. The van der Waals surface area contributed by atoms with Gasteiger partial charge in [-0.2, -0.15) is 5.10 Å². The van der Waals surface area contributed by atoms with Crippen molar-refractivity contribution < 1.29 is 23.8 Å². The number of rotatable bonds is 5. The van der Waals surface area contributed by atoms with Gasteiger partial charge in [-0.25, -0.2) is 8.78 Å². The third kappa shape index (κ3) is 5.38. The zero-order valence-corrected chi connectivity index (χ0v) is 18.1. The standard InChI is InChI=1S/C25H23F2N3O3/c1-25(2,33)12-11-19-14-21(29-30(19)18-8-9-18)24(32)28-23(15-3-5-16(26)6-4-15)20-13-17(27)7-10-22(20)31/h3-7,10,13-14,18,23,31,33H,8-9H2,1-2H3,(H,28,32). The first-order chi connectivity index (χ1) is 15.6. The number of carbonyl (C=O) groups excluding carboxylic acids is 1. The SMILES string of the molecule is CC(C)(O)C#Cc1cc(C(=O)NC(c2ccc(F)cc2)c2cc(F)ccc2O)nn1C1CC1. The Kier molecular flexibility index (Phi) is 5.91. The van der Waals surface area contributed by atoms with Gasteiger partial charge in [0.05, 0.1) is 12.1 Å². The second-order valence-electron chi connectivity index (χ2n) is 8.56. The van der Waals surface area contributed by atoms with Crippen LogP contribution in [0.25, 0.3) is 0 Å². The van der Waals surface area contributed by atoms with Crippen molar-refractivity contribution in [3.05, 3.63) is 82.7 Å². The van der Waals surface area contributed by atoms with Crippen molar-refractivity contribution in [1.82, 2.24) is 15.1 Å². The number of aliphatic hydroxyl groups is 1. The van der Waals surface area contributed by atoms with Gasteiger partial charge < -0.3 is 15.5 Å². The van der Waals surface area contributed by atoms with Crippen LogP contribution in [0, 0.1) is 23.5 Å². The molecule has 1 heterocycles. The number of benzene rings is 2. The van der Waals surface area contributed by atoms with Crippen molar-refractivity contribution in [3.63, 3.8) is 0 Å². The minimum Gasteiger partial charge on any atom is -0.508 e. The number of nitrogens with one attached hydrogen (secondary N) is 1. The molecular weight excluding hydrogens is 428 g/mol. The van der Waals surface area contributed by atoms with E-state index in [9.17, 15) is 23.8 Å². The Hall–Kier alpha value is -3.70. The van der Waals surface area contributed by atoms with Gasteiger partial charge in [-0.15, -0.1) is 0 Å². The van der Waals surface area contributed by atoms with Crippen LogP contribution in [0.2, 0.25) is 0 Å². The lowest BCUT2D eigenvalue weighted by atomic mass is 9.97. The molecule has 1 amide bonds. The van der Waals surface area contributed by atoms with Crippen molar-refractivity contribution in [2.24, 2.45) is 0 Å². The summed E-state index contributed by atoms with van der Waals surface area (Å²) in [5.74, 6) is 3.76. The van der Waals surface area contributed by atoms with E-state index in [1.54, 1.807) is 18.5 Å². The van der Waals surface area contributed by atoms with Crippen LogP contribution in [0.5, 0.6) is 5.75 Å². The molecule has 3 aromatic rings. The van der Waals surface area contributed by atoms with E-state index < -0.39 is 29.2 Å². The van der Waals surface area contributed by atoms with Crippen molar-refractivity contribution in [3.8, 4) is 17.6 Å². The molecule has 170 valence electrons. The average Bonchev–Trinajstić information content (AvgIpc) is 3.51. The minimum absolute atomic E-state index is 0.0879. The zero-order valence-electron chi connectivity index (χ0n) is 18.1. The minimum atomic E-state index is -1.20. The van der Waals surface area contributed by atoms with E-state index in [1.807, 2.05) is 0 Å². The Morgan fingerprint density at radius 2 is 1.82 bits per heavy atom. The van der Waals surface area contributed by atoms with Gasteiger partial charge in [-0.1, -0.05) is 18.1 Å². The Morgan fingerprint density at radius 1 is 1.15 bits per heavy atom. The first kappa shape index (κ1) is 22.5. The molecular formula is C25H23F2N3O3. The monoisotopic (exact) mass is 451 g/mol. The molecule has 33 heavy (non-hydrogen) atoms. The molecule has 8 heteroatoms. The second-order valence-corrected chi connectivity index (χ2v) is 8.56. The second kappa shape index (κ2) is 8.68. The van der Waals surface area contributed by atoms with E-state index in [-0.39, 0.29) is 23.0 Å². The first-order valence-corrected chi connectivity index (χ1v) is 10.5. The van der Waals surface area contributed by atoms with E-state index in [1.165, 1.54) is 36.4 Å². The van der Waals surface area contributed by atoms with Gasteiger partial charge in [0.2, 0.25) is 0 Å². The summed E-state index contributed by atoms with van der Waals surface area (Å²) in [7, 11) is 0. The smallest absolute Gasteiger partial charge is 0.272 e. The Bertz CT molecular complexity index is 1250. The lowest BCUT2D eigenvalue weighted by molar-refractivity contribution is 0.0936. The van der Waals surface area contributed by atoms with Crippen LogP contribution in [0.1, 0.15) is 66.1 Å². The van der Waals surface area contributed by atoms with Crippen LogP contribution in [0.3, 0.4) is 0 Å². The molecule has 1 fully saturated rings. The number of hydrogen-bond donors (Lipinski definition) is 3. The highest BCUT2D eigenvalue weighted by Gasteiger charge is 2.29. The number of hydrogen-bond acceptors (Lipinski definition) is 4. The van der Waals surface area contributed by atoms with Gasteiger partial charge in [0.15, 0.2) is 5.69 Å². The highest BCUT2D eigenvalue weighted by Crippen LogP contribution is 2.36. The highest BCUT2D eigenvalue weighted by atomic mass is 19.1. The third-order valence-electron chi connectivity index (χ3n) is 5.14. The molecule has 0 bridgehead atoms. The van der Waals surface area contributed by atoms with E-state index in [2.05, 4.69) is 22.3 Å². The summed E-state index contributed by atoms with van der Waals surface area (Å²) in [6.07, 6.45) is 1.82. The van der Waals surface area contributed by atoms with Crippen molar-refractivity contribution in [2.75, 3.05) is 0 Å². The molecule has 2 aromatic carbocycles. The van der Waals surface area contributed by atoms with E-state index in [0.717, 1.165) is 25.0 Å². The van der Waals surface area contributed by atoms with Gasteiger partial charge in [-0.3, -0.25) is 9.48 Å². The molecule has 3 N–H and O–H groups in total. The number of carbonyl (C=O) groups is 1. The normalized spacial score (nSPS) is 14.3. The average molecular weight is 451 g/mol. The number of amides is 1. The predicted molar refractivity (Wildman–Crippen MR) is 117 cm³/mol. The zero-order chi connectivity index (χ0) is 23.8. The lowest BCUT2D eigenvalue weighted by Crippen LogP contribution is -2.30. The molecule has 1 aromatic heterocycles. The topological polar surface area (TPSA) is 87.4 Å². The molecule has 1 aliphatic rings. The molecule has 1 unspecified atom stereocenters. The number of nitrogens with zero attached hydrogens (tertiary/aromatic N) is 2. The van der Waals surface area contributed by atoms with E-state index >= 15 is 0 Å². The molecule has 1 atom stereocenters. The largest absolute Gasteiger partial charge is 0.508 e. The number of phenolic OH excluding ortho intramolecular Hbond substituents is 1. The van der Waals surface area contributed by atoms with Gasteiger partial charge >= 0.3 is 0 Å². The summed E-state index contributed by atoms with van der Waals surface area (Å²) in [5, 5.41) is 27.4. The van der Waals surface area contributed by atoms with Crippen molar-refractivity contribution >= 4 is 5.91 Å². The van der Waals surface area contributed by atoms with Crippen LogP contribution in [0.15, 0.2) is 48.5 Å². The van der Waals surface area contributed by atoms with Gasteiger partial charge in [-0.05, 0) is 68.5 Å². The summed E-state index contributed by atoms with van der Waals surface area (Å²) in [6, 6.07) is 9.47. The Morgan fingerprint density at radius 3 is 2.45 bits per heavy atom.